The molecule has 0 aliphatic rings. The third kappa shape index (κ3) is 1.43. The molecule has 0 aliphatic heterocycles. The summed E-state index contributed by atoms with van der Waals surface area (Å²) in [6.07, 6.45) is 1.71. The molecule has 0 radical (unpaired) electrons. The molecule has 1 heterocycles. The zero-order chi connectivity index (χ0) is 9.97. The van der Waals surface area contributed by atoms with E-state index in [1.807, 2.05) is 30.3 Å². The van der Waals surface area contributed by atoms with Gasteiger partial charge in [-0.15, -0.1) is 6.58 Å². The lowest BCUT2D eigenvalue weighted by atomic mass is 10.2. The van der Waals surface area contributed by atoms with Crippen molar-refractivity contribution in [3.05, 3.63) is 48.7 Å². The molecule has 0 saturated heterocycles. The first-order valence-electron chi connectivity index (χ1n) is 4.42. The van der Waals surface area contributed by atoms with Crippen LogP contribution in [0.4, 0.5) is 0 Å². The Balaban J connectivity index is 2.48. The molecule has 72 valence electrons. The predicted octanol–water partition coefficient (Wildman–Crippen LogP) is 2.12. The van der Waals surface area contributed by atoms with E-state index in [0.29, 0.717) is 0 Å². The topological polar surface area (TPSA) is 51.2 Å². The van der Waals surface area contributed by atoms with Crippen LogP contribution in [-0.2, 0) is 0 Å². The number of nitrogens with two attached hydrogens (primary N) is 1. The molecule has 0 amide bonds. The van der Waals surface area contributed by atoms with Gasteiger partial charge in [0, 0.05) is 5.39 Å². The molecule has 3 N–H and O–H groups in total. The fraction of sp³-hybridized carbons (Fsp3) is 0.0909. The highest BCUT2D eigenvalue weighted by molar-refractivity contribution is 5.77. The lowest BCUT2D eigenvalue weighted by Crippen LogP contribution is -2.25. The monoisotopic (exact) mass is 188 g/mol. The SMILES string of the molecule is C=CC(NN)c1cc2ccccc2o1. The fourth-order valence-corrected chi connectivity index (χ4v) is 1.42. The van der Waals surface area contributed by atoms with Crippen LogP contribution in [0, 0.1) is 0 Å². The van der Waals surface area contributed by atoms with Crippen LogP contribution in [0.15, 0.2) is 47.4 Å². The van der Waals surface area contributed by atoms with Crippen LogP contribution in [0.3, 0.4) is 0 Å². The van der Waals surface area contributed by atoms with Gasteiger partial charge in [-0.05, 0) is 12.1 Å². The van der Waals surface area contributed by atoms with Crippen LogP contribution in [0.5, 0.6) is 0 Å². The fourth-order valence-electron chi connectivity index (χ4n) is 1.42. The number of benzene rings is 1. The second kappa shape index (κ2) is 3.65. The second-order valence-electron chi connectivity index (χ2n) is 3.07. The van der Waals surface area contributed by atoms with Crippen molar-refractivity contribution >= 4 is 11.0 Å². The molecule has 2 aromatic rings. The maximum absolute atomic E-state index is 5.60. The summed E-state index contributed by atoms with van der Waals surface area (Å²) in [7, 11) is 0. The van der Waals surface area contributed by atoms with Crippen LogP contribution in [0.1, 0.15) is 11.8 Å². The molecule has 3 heteroatoms. The van der Waals surface area contributed by atoms with Crippen molar-refractivity contribution in [3.63, 3.8) is 0 Å². The highest BCUT2D eigenvalue weighted by atomic mass is 16.3. The van der Waals surface area contributed by atoms with Gasteiger partial charge in [-0.2, -0.15) is 0 Å². The molecule has 1 unspecified atom stereocenters. The van der Waals surface area contributed by atoms with E-state index in [1.165, 1.54) is 0 Å². The van der Waals surface area contributed by atoms with E-state index in [2.05, 4.69) is 12.0 Å². The Bertz CT molecular complexity index is 414. The number of rotatable bonds is 3. The Hall–Kier alpha value is -1.58. The zero-order valence-corrected chi connectivity index (χ0v) is 7.73. The van der Waals surface area contributed by atoms with Crippen molar-refractivity contribution in [2.75, 3.05) is 0 Å². The molecule has 1 aromatic heterocycles. The van der Waals surface area contributed by atoms with E-state index in [9.17, 15) is 0 Å². The Morgan fingerprint density at radius 2 is 2.21 bits per heavy atom. The van der Waals surface area contributed by atoms with Crippen LogP contribution in [-0.4, -0.2) is 0 Å². The molecule has 3 nitrogen and oxygen atoms in total. The van der Waals surface area contributed by atoms with E-state index in [-0.39, 0.29) is 6.04 Å². The van der Waals surface area contributed by atoms with Crippen molar-refractivity contribution in [1.82, 2.24) is 5.43 Å². The highest BCUT2D eigenvalue weighted by Gasteiger charge is 2.10. The summed E-state index contributed by atoms with van der Waals surface area (Å²) in [5, 5.41) is 1.07. The molecule has 0 aliphatic carbocycles. The normalized spacial score (nSPS) is 12.9. The maximum atomic E-state index is 5.60. The molecule has 0 bridgehead atoms. The maximum Gasteiger partial charge on any atom is 0.134 e. The van der Waals surface area contributed by atoms with Crippen molar-refractivity contribution in [1.29, 1.82) is 0 Å². The number of para-hydroxylation sites is 1. The van der Waals surface area contributed by atoms with Gasteiger partial charge in [-0.3, -0.25) is 5.84 Å². The summed E-state index contributed by atoms with van der Waals surface area (Å²) in [5.74, 6) is 6.14. The number of fused-ring (bicyclic) bond motifs is 1. The summed E-state index contributed by atoms with van der Waals surface area (Å²) < 4.78 is 5.60. The van der Waals surface area contributed by atoms with Gasteiger partial charge in [0.2, 0.25) is 0 Å². The van der Waals surface area contributed by atoms with Crippen LogP contribution < -0.4 is 11.3 Å². The minimum absolute atomic E-state index is 0.137. The largest absolute Gasteiger partial charge is 0.459 e. The molecular weight excluding hydrogens is 176 g/mol. The third-order valence-electron chi connectivity index (χ3n) is 2.17. The van der Waals surface area contributed by atoms with Gasteiger partial charge < -0.3 is 4.42 Å². The Labute approximate surface area is 82.2 Å². The molecule has 1 atom stereocenters. The minimum Gasteiger partial charge on any atom is -0.459 e. The van der Waals surface area contributed by atoms with Crippen molar-refractivity contribution in [2.45, 2.75) is 6.04 Å². The summed E-state index contributed by atoms with van der Waals surface area (Å²) in [6.45, 7) is 3.68. The third-order valence-corrected chi connectivity index (χ3v) is 2.17. The quantitative estimate of drug-likeness (QED) is 0.440. The van der Waals surface area contributed by atoms with Gasteiger partial charge in [-0.1, -0.05) is 24.3 Å². The number of hydrogen-bond acceptors (Lipinski definition) is 3. The Morgan fingerprint density at radius 3 is 2.86 bits per heavy atom. The van der Waals surface area contributed by atoms with Gasteiger partial charge in [-0.25, -0.2) is 5.43 Å². The zero-order valence-electron chi connectivity index (χ0n) is 7.73. The van der Waals surface area contributed by atoms with Gasteiger partial charge in [0.05, 0.1) is 6.04 Å². The Kier molecular flexibility index (Phi) is 2.35. The second-order valence-corrected chi connectivity index (χ2v) is 3.07. The molecule has 0 saturated carbocycles. The van der Waals surface area contributed by atoms with Crippen LogP contribution in [0.2, 0.25) is 0 Å². The number of hydrazine groups is 1. The predicted molar refractivity (Wildman–Crippen MR) is 56.5 cm³/mol. The average Bonchev–Trinajstić information content (AvgIpc) is 2.63. The lowest BCUT2D eigenvalue weighted by Gasteiger charge is -2.05. The van der Waals surface area contributed by atoms with Gasteiger partial charge in [0.1, 0.15) is 11.3 Å². The van der Waals surface area contributed by atoms with E-state index in [1.54, 1.807) is 6.08 Å². The first-order valence-corrected chi connectivity index (χ1v) is 4.42. The molecule has 0 fully saturated rings. The van der Waals surface area contributed by atoms with Crippen LogP contribution >= 0.6 is 0 Å². The number of furan rings is 1. The highest BCUT2D eigenvalue weighted by Crippen LogP contribution is 2.23. The van der Waals surface area contributed by atoms with Gasteiger partial charge in [0.25, 0.3) is 0 Å². The van der Waals surface area contributed by atoms with Crippen LogP contribution in [0.25, 0.3) is 11.0 Å². The summed E-state index contributed by atoms with van der Waals surface area (Å²) in [6, 6.07) is 9.66. The first kappa shape index (κ1) is 8.99. The molecule has 14 heavy (non-hydrogen) atoms. The molecule has 0 spiro atoms. The molecular formula is C11H12N2O. The first-order chi connectivity index (χ1) is 6.85. The average molecular weight is 188 g/mol. The van der Waals surface area contributed by atoms with Crippen molar-refractivity contribution in [2.24, 2.45) is 5.84 Å². The summed E-state index contributed by atoms with van der Waals surface area (Å²) in [4.78, 5) is 0. The van der Waals surface area contributed by atoms with Gasteiger partial charge in [0.15, 0.2) is 0 Å². The smallest absolute Gasteiger partial charge is 0.134 e. The van der Waals surface area contributed by atoms with E-state index >= 15 is 0 Å². The molecule has 1 aromatic carbocycles. The standard InChI is InChI=1S/C11H12N2O/c1-2-9(13-12)11-7-8-5-3-4-6-10(8)14-11/h2-7,9,13H,1,12H2. The number of nitrogens with one attached hydrogen (secondary N) is 1. The van der Waals surface area contributed by atoms with Crippen molar-refractivity contribution < 1.29 is 4.42 Å². The van der Waals surface area contributed by atoms with Gasteiger partial charge >= 0.3 is 0 Å². The summed E-state index contributed by atoms with van der Waals surface area (Å²) in [5.41, 5.74) is 3.48. The lowest BCUT2D eigenvalue weighted by molar-refractivity contribution is 0.485. The van der Waals surface area contributed by atoms with E-state index in [0.717, 1.165) is 16.7 Å². The molecule has 2 rings (SSSR count). The van der Waals surface area contributed by atoms with E-state index in [4.69, 9.17) is 10.3 Å². The van der Waals surface area contributed by atoms with E-state index < -0.39 is 0 Å². The van der Waals surface area contributed by atoms with Crippen molar-refractivity contribution in [3.8, 4) is 0 Å². The summed E-state index contributed by atoms with van der Waals surface area (Å²) >= 11 is 0. The minimum atomic E-state index is -0.137. The Morgan fingerprint density at radius 1 is 1.43 bits per heavy atom. The number of hydrogen-bond donors (Lipinski definition) is 2.